The number of methoxy groups -OCH3 is 2. The first kappa shape index (κ1) is 13.3. The highest BCUT2D eigenvalue weighted by atomic mass is 16.5. The first-order chi connectivity index (χ1) is 8.01. The second-order valence-corrected chi connectivity index (χ2v) is 3.72. The smallest absolute Gasteiger partial charge is 0.305 e. The van der Waals surface area contributed by atoms with Gasteiger partial charge in [0.1, 0.15) is 11.5 Å². The highest BCUT2D eigenvalue weighted by Crippen LogP contribution is 2.34. The van der Waals surface area contributed by atoms with Crippen molar-refractivity contribution in [2.24, 2.45) is 5.73 Å². The lowest BCUT2D eigenvalue weighted by molar-refractivity contribution is -0.137. The van der Waals surface area contributed by atoms with Gasteiger partial charge >= 0.3 is 5.97 Å². The molecule has 0 spiro atoms. The van der Waals surface area contributed by atoms with E-state index in [2.05, 4.69) is 0 Å². The van der Waals surface area contributed by atoms with Gasteiger partial charge in [-0.2, -0.15) is 0 Å². The van der Waals surface area contributed by atoms with E-state index in [1.54, 1.807) is 19.2 Å². The maximum absolute atomic E-state index is 10.6. The number of aliphatic carboxylic acids is 1. The average Bonchev–Trinajstić information content (AvgIpc) is 2.27. The number of carboxylic acid groups (broad SMARTS) is 1. The number of ether oxygens (including phenoxy) is 2. The molecule has 0 bridgehead atoms. The number of hydrogen-bond donors (Lipinski definition) is 2. The van der Waals surface area contributed by atoms with Crippen LogP contribution in [0.3, 0.4) is 0 Å². The monoisotopic (exact) mass is 239 g/mol. The van der Waals surface area contributed by atoms with Gasteiger partial charge in [-0.15, -0.1) is 0 Å². The van der Waals surface area contributed by atoms with Gasteiger partial charge in [-0.25, -0.2) is 0 Å². The van der Waals surface area contributed by atoms with Crippen molar-refractivity contribution in [2.45, 2.75) is 19.4 Å². The summed E-state index contributed by atoms with van der Waals surface area (Å²) in [5.74, 6) is 0.333. The minimum atomic E-state index is -0.937. The summed E-state index contributed by atoms with van der Waals surface area (Å²) in [5.41, 5.74) is 7.32. The van der Waals surface area contributed by atoms with Crippen molar-refractivity contribution in [3.05, 3.63) is 23.3 Å². The van der Waals surface area contributed by atoms with E-state index in [4.69, 9.17) is 20.3 Å². The summed E-state index contributed by atoms with van der Waals surface area (Å²) in [5, 5.41) is 8.73. The lowest BCUT2D eigenvalue weighted by Crippen LogP contribution is -2.16. The predicted octanol–water partition coefficient (Wildman–Crippen LogP) is 1.49. The molecule has 1 atom stereocenters. The maximum Gasteiger partial charge on any atom is 0.305 e. The third-order valence-corrected chi connectivity index (χ3v) is 2.60. The average molecular weight is 239 g/mol. The molecule has 0 radical (unpaired) electrons. The topological polar surface area (TPSA) is 81.8 Å². The van der Waals surface area contributed by atoms with E-state index < -0.39 is 12.0 Å². The van der Waals surface area contributed by atoms with Gasteiger partial charge in [0.05, 0.1) is 20.6 Å². The number of carboxylic acids is 1. The molecule has 0 saturated carbocycles. The zero-order valence-electron chi connectivity index (χ0n) is 10.2. The molecule has 0 aromatic heterocycles. The number of hydrogen-bond acceptors (Lipinski definition) is 4. The van der Waals surface area contributed by atoms with Gasteiger partial charge in [0.15, 0.2) is 0 Å². The van der Waals surface area contributed by atoms with Gasteiger partial charge < -0.3 is 20.3 Å². The van der Waals surface area contributed by atoms with Crippen molar-refractivity contribution in [2.75, 3.05) is 14.2 Å². The highest BCUT2D eigenvalue weighted by Gasteiger charge is 2.18. The third kappa shape index (κ3) is 2.88. The van der Waals surface area contributed by atoms with Crippen LogP contribution < -0.4 is 15.2 Å². The van der Waals surface area contributed by atoms with E-state index in [-0.39, 0.29) is 6.42 Å². The Morgan fingerprint density at radius 1 is 1.41 bits per heavy atom. The molecule has 0 heterocycles. The molecule has 0 aliphatic rings. The fourth-order valence-electron chi connectivity index (χ4n) is 1.78. The van der Waals surface area contributed by atoms with Crippen LogP contribution in [0.4, 0.5) is 0 Å². The molecule has 94 valence electrons. The van der Waals surface area contributed by atoms with E-state index in [9.17, 15) is 4.79 Å². The SMILES string of the molecule is COc1ccc([C@H](N)CC(=O)O)c(OC)c1C. The molecule has 17 heavy (non-hydrogen) atoms. The summed E-state index contributed by atoms with van der Waals surface area (Å²) >= 11 is 0. The van der Waals surface area contributed by atoms with Crippen LogP contribution >= 0.6 is 0 Å². The molecule has 1 aromatic carbocycles. The van der Waals surface area contributed by atoms with E-state index in [1.807, 2.05) is 6.92 Å². The summed E-state index contributed by atoms with van der Waals surface area (Å²) in [6, 6.07) is 2.90. The zero-order chi connectivity index (χ0) is 13.0. The van der Waals surface area contributed by atoms with Crippen LogP contribution in [0.15, 0.2) is 12.1 Å². The predicted molar refractivity (Wildman–Crippen MR) is 63.5 cm³/mol. The lowest BCUT2D eigenvalue weighted by Gasteiger charge is -2.17. The molecule has 5 heteroatoms. The van der Waals surface area contributed by atoms with Gasteiger partial charge in [0.2, 0.25) is 0 Å². The van der Waals surface area contributed by atoms with E-state index >= 15 is 0 Å². The van der Waals surface area contributed by atoms with Crippen LogP contribution in [0, 0.1) is 6.92 Å². The molecular formula is C12H17NO4. The summed E-state index contributed by atoms with van der Waals surface area (Å²) < 4.78 is 10.4. The summed E-state index contributed by atoms with van der Waals surface area (Å²) in [4.78, 5) is 10.6. The Hall–Kier alpha value is -1.75. The van der Waals surface area contributed by atoms with E-state index in [0.29, 0.717) is 17.1 Å². The lowest BCUT2D eigenvalue weighted by atomic mass is 10.00. The van der Waals surface area contributed by atoms with Crippen LogP contribution in [-0.2, 0) is 4.79 Å². The Bertz CT molecular complexity index is 417. The normalized spacial score (nSPS) is 12.0. The molecule has 0 unspecified atom stereocenters. The molecule has 0 saturated heterocycles. The van der Waals surface area contributed by atoms with Gasteiger partial charge in [-0.1, -0.05) is 6.07 Å². The van der Waals surface area contributed by atoms with Crippen molar-refractivity contribution in [1.82, 2.24) is 0 Å². The summed E-state index contributed by atoms with van der Waals surface area (Å²) in [6.45, 7) is 1.84. The summed E-state index contributed by atoms with van der Waals surface area (Å²) in [7, 11) is 3.09. The fraction of sp³-hybridized carbons (Fsp3) is 0.417. The number of nitrogens with two attached hydrogens (primary N) is 1. The molecule has 1 aromatic rings. The van der Waals surface area contributed by atoms with Crippen molar-refractivity contribution in [1.29, 1.82) is 0 Å². The molecule has 3 N–H and O–H groups in total. The van der Waals surface area contributed by atoms with Crippen molar-refractivity contribution >= 4 is 5.97 Å². The maximum atomic E-state index is 10.6. The first-order valence-electron chi connectivity index (χ1n) is 5.20. The molecule has 0 fully saturated rings. The van der Waals surface area contributed by atoms with Crippen molar-refractivity contribution < 1.29 is 19.4 Å². The molecular weight excluding hydrogens is 222 g/mol. The van der Waals surface area contributed by atoms with Crippen LogP contribution in [0.5, 0.6) is 11.5 Å². The largest absolute Gasteiger partial charge is 0.496 e. The second kappa shape index (κ2) is 5.54. The van der Waals surface area contributed by atoms with Gasteiger partial charge in [-0.3, -0.25) is 4.79 Å². The molecule has 0 amide bonds. The third-order valence-electron chi connectivity index (χ3n) is 2.60. The van der Waals surface area contributed by atoms with Crippen LogP contribution in [0.25, 0.3) is 0 Å². The van der Waals surface area contributed by atoms with E-state index in [0.717, 1.165) is 5.56 Å². The molecule has 0 aliphatic carbocycles. The number of benzene rings is 1. The Kier molecular flexibility index (Phi) is 4.34. The number of rotatable bonds is 5. The highest BCUT2D eigenvalue weighted by molar-refractivity contribution is 5.68. The standard InChI is InChI=1S/C12H17NO4/c1-7-10(16-2)5-4-8(12(7)17-3)9(13)6-11(14)15/h4-5,9H,6,13H2,1-3H3,(H,14,15)/t9-/m1/s1. The van der Waals surface area contributed by atoms with E-state index in [1.165, 1.54) is 7.11 Å². The van der Waals surface area contributed by atoms with Crippen LogP contribution in [-0.4, -0.2) is 25.3 Å². The van der Waals surface area contributed by atoms with Crippen LogP contribution in [0.2, 0.25) is 0 Å². The molecule has 0 aliphatic heterocycles. The minimum Gasteiger partial charge on any atom is -0.496 e. The van der Waals surface area contributed by atoms with Crippen molar-refractivity contribution in [3.8, 4) is 11.5 Å². The minimum absolute atomic E-state index is 0.137. The Balaban J connectivity index is 3.16. The Labute approximate surface area is 100 Å². The second-order valence-electron chi connectivity index (χ2n) is 3.72. The number of carbonyl (C=O) groups is 1. The Morgan fingerprint density at radius 2 is 2.06 bits per heavy atom. The zero-order valence-corrected chi connectivity index (χ0v) is 10.2. The summed E-state index contributed by atoms with van der Waals surface area (Å²) in [6.07, 6.45) is -0.137. The van der Waals surface area contributed by atoms with Gasteiger partial charge in [0, 0.05) is 17.2 Å². The quantitative estimate of drug-likeness (QED) is 0.813. The van der Waals surface area contributed by atoms with Crippen LogP contribution in [0.1, 0.15) is 23.6 Å². The fourth-order valence-corrected chi connectivity index (χ4v) is 1.78. The first-order valence-corrected chi connectivity index (χ1v) is 5.20. The molecule has 5 nitrogen and oxygen atoms in total. The Morgan fingerprint density at radius 3 is 2.53 bits per heavy atom. The van der Waals surface area contributed by atoms with Gasteiger partial charge in [-0.05, 0) is 13.0 Å². The molecule has 1 rings (SSSR count). The van der Waals surface area contributed by atoms with Gasteiger partial charge in [0.25, 0.3) is 0 Å². The van der Waals surface area contributed by atoms with Crippen molar-refractivity contribution in [3.63, 3.8) is 0 Å².